The monoisotopic (exact) mass is 491 g/mol. The van der Waals surface area contributed by atoms with Crippen molar-refractivity contribution < 1.29 is 38.5 Å². The average Bonchev–Trinajstić information content (AvgIpc) is 2.86. The number of carboxylic acids is 1. The Morgan fingerprint density at radius 2 is 1.19 bits per heavy atom. The number of hydrogen-bond acceptors (Lipinski definition) is 7. The molecule has 3 rings (SSSR count). The van der Waals surface area contributed by atoms with E-state index in [2.05, 4.69) is 5.32 Å². The molecule has 9 nitrogen and oxygen atoms in total. The standard InChI is InChI=1S/C27H25NO8/c1-16-8-12-18(13-9-16)26(32)35-22(24(29)28-20-6-4-5-7-21(20)34-3)23(25(30)31)36-27(33)19-14-10-17(2)11-15-19/h4-15,22-23H,1-3H3,(H,28,29)(H,30,31)/t22-,23+/m0/s1. The van der Waals surface area contributed by atoms with Gasteiger partial charge in [-0.3, -0.25) is 4.79 Å². The minimum Gasteiger partial charge on any atom is -0.495 e. The van der Waals surface area contributed by atoms with Crippen LogP contribution < -0.4 is 10.1 Å². The number of para-hydroxylation sites is 2. The van der Waals surface area contributed by atoms with Gasteiger partial charge in [0.05, 0.1) is 23.9 Å². The van der Waals surface area contributed by atoms with E-state index in [0.717, 1.165) is 11.1 Å². The molecule has 0 aliphatic carbocycles. The van der Waals surface area contributed by atoms with Crippen molar-refractivity contribution in [2.75, 3.05) is 12.4 Å². The lowest BCUT2D eigenvalue weighted by molar-refractivity contribution is -0.157. The summed E-state index contributed by atoms with van der Waals surface area (Å²) in [5.74, 6) is -4.37. The quantitative estimate of drug-likeness (QED) is 0.433. The zero-order valence-corrected chi connectivity index (χ0v) is 19.9. The Hall–Kier alpha value is -4.66. The second-order valence-corrected chi connectivity index (χ2v) is 7.91. The Bertz CT molecular complexity index is 1250. The van der Waals surface area contributed by atoms with Crippen LogP contribution in [-0.4, -0.2) is 48.2 Å². The summed E-state index contributed by atoms with van der Waals surface area (Å²) < 4.78 is 15.7. The fraction of sp³-hybridized carbons (Fsp3) is 0.185. The predicted molar refractivity (Wildman–Crippen MR) is 130 cm³/mol. The summed E-state index contributed by atoms with van der Waals surface area (Å²) in [5, 5.41) is 12.3. The van der Waals surface area contributed by atoms with Gasteiger partial charge in [-0.25, -0.2) is 14.4 Å². The number of carbonyl (C=O) groups excluding carboxylic acids is 3. The SMILES string of the molecule is COc1ccccc1NC(=O)[C@@H](OC(=O)c1ccc(C)cc1)[C@@H](OC(=O)c1ccc(C)cc1)C(=O)O. The number of anilines is 1. The van der Waals surface area contributed by atoms with E-state index in [0.29, 0.717) is 0 Å². The zero-order valence-electron chi connectivity index (χ0n) is 19.9. The molecule has 0 spiro atoms. The van der Waals surface area contributed by atoms with E-state index in [1.54, 1.807) is 42.5 Å². The highest BCUT2D eigenvalue weighted by atomic mass is 16.6. The highest BCUT2D eigenvalue weighted by Crippen LogP contribution is 2.24. The van der Waals surface area contributed by atoms with Gasteiger partial charge in [0.2, 0.25) is 12.2 Å². The Morgan fingerprint density at radius 1 is 0.722 bits per heavy atom. The summed E-state index contributed by atoms with van der Waals surface area (Å²) in [6, 6.07) is 18.9. The van der Waals surface area contributed by atoms with Crippen LogP contribution in [0.2, 0.25) is 0 Å². The molecule has 0 fully saturated rings. The van der Waals surface area contributed by atoms with Crippen LogP contribution in [0.3, 0.4) is 0 Å². The Kier molecular flexibility index (Phi) is 8.40. The van der Waals surface area contributed by atoms with Gasteiger partial charge in [-0.15, -0.1) is 0 Å². The Labute approximate surface area is 207 Å². The van der Waals surface area contributed by atoms with Crippen LogP contribution in [0.5, 0.6) is 5.75 Å². The van der Waals surface area contributed by atoms with E-state index >= 15 is 0 Å². The molecule has 0 saturated carbocycles. The number of carbonyl (C=O) groups is 4. The maximum Gasteiger partial charge on any atom is 0.349 e. The first-order chi connectivity index (χ1) is 17.2. The number of amides is 1. The maximum atomic E-state index is 13.2. The second-order valence-electron chi connectivity index (χ2n) is 7.91. The minimum absolute atomic E-state index is 0.0700. The van der Waals surface area contributed by atoms with Gasteiger partial charge in [-0.2, -0.15) is 0 Å². The normalized spacial score (nSPS) is 12.1. The summed E-state index contributed by atoms with van der Waals surface area (Å²) in [6.07, 6.45) is -4.15. The van der Waals surface area contributed by atoms with Gasteiger partial charge in [-0.1, -0.05) is 47.5 Å². The fourth-order valence-electron chi connectivity index (χ4n) is 3.19. The lowest BCUT2D eigenvalue weighted by Gasteiger charge is -2.24. The summed E-state index contributed by atoms with van der Waals surface area (Å²) in [5.41, 5.74) is 2.12. The highest BCUT2D eigenvalue weighted by Gasteiger charge is 2.41. The van der Waals surface area contributed by atoms with Crippen molar-refractivity contribution >= 4 is 29.5 Å². The highest BCUT2D eigenvalue weighted by molar-refractivity contribution is 6.02. The first kappa shape index (κ1) is 26.0. The van der Waals surface area contributed by atoms with E-state index in [1.165, 1.54) is 37.4 Å². The summed E-state index contributed by atoms with van der Waals surface area (Å²) >= 11 is 0. The van der Waals surface area contributed by atoms with Crippen molar-refractivity contribution in [2.45, 2.75) is 26.1 Å². The van der Waals surface area contributed by atoms with Crippen molar-refractivity contribution in [1.82, 2.24) is 0 Å². The van der Waals surface area contributed by atoms with Gasteiger partial charge in [0.25, 0.3) is 5.91 Å². The number of aryl methyl sites for hydroxylation is 2. The fourth-order valence-corrected chi connectivity index (χ4v) is 3.19. The van der Waals surface area contributed by atoms with E-state index in [1.807, 2.05) is 13.8 Å². The van der Waals surface area contributed by atoms with Crippen molar-refractivity contribution in [3.05, 3.63) is 95.1 Å². The van der Waals surface area contributed by atoms with Crippen molar-refractivity contribution in [3.63, 3.8) is 0 Å². The summed E-state index contributed by atoms with van der Waals surface area (Å²) in [4.78, 5) is 50.8. The smallest absolute Gasteiger partial charge is 0.349 e. The third-order valence-electron chi connectivity index (χ3n) is 5.18. The molecular formula is C27H25NO8. The van der Waals surface area contributed by atoms with Gasteiger partial charge >= 0.3 is 17.9 Å². The number of rotatable bonds is 9. The van der Waals surface area contributed by atoms with E-state index in [4.69, 9.17) is 14.2 Å². The lowest BCUT2D eigenvalue weighted by Crippen LogP contribution is -2.48. The molecule has 0 aliphatic rings. The summed E-state index contributed by atoms with van der Waals surface area (Å²) in [7, 11) is 1.39. The molecule has 0 saturated heterocycles. The molecule has 0 aliphatic heterocycles. The predicted octanol–water partition coefficient (Wildman–Crippen LogP) is 3.79. The van der Waals surface area contributed by atoms with Crippen LogP contribution in [0.4, 0.5) is 5.69 Å². The molecule has 2 N–H and O–H groups in total. The van der Waals surface area contributed by atoms with Gasteiger partial charge in [-0.05, 0) is 50.2 Å². The molecule has 3 aromatic carbocycles. The van der Waals surface area contributed by atoms with Crippen LogP contribution in [0.15, 0.2) is 72.8 Å². The topological polar surface area (TPSA) is 128 Å². The first-order valence-electron chi connectivity index (χ1n) is 10.9. The van der Waals surface area contributed by atoms with Gasteiger partial charge in [0.1, 0.15) is 5.75 Å². The molecule has 2 atom stereocenters. The molecule has 0 aromatic heterocycles. The third-order valence-corrected chi connectivity index (χ3v) is 5.18. The number of aliphatic carboxylic acids is 1. The molecule has 36 heavy (non-hydrogen) atoms. The maximum absolute atomic E-state index is 13.2. The number of ether oxygens (including phenoxy) is 3. The molecule has 0 heterocycles. The molecule has 0 unspecified atom stereocenters. The Balaban J connectivity index is 1.93. The number of esters is 2. The summed E-state index contributed by atoms with van der Waals surface area (Å²) in [6.45, 7) is 3.64. The van der Waals surface area contributed by atoms with Crippen molar-refractivity contribution in [1.29, 1.82) is 0 Å². The number of methoxy groups -OCH3 is 1. The second kappa shape index (κ2) is 11.7. The van der Waals surface area contributed by atoms with Crippen LogP contribution in [0.25, 0.3) is 0 Å². The average molecular weight is 491 g/mol. The molecule has 9 heteroatoms. The van der Waals surface area contributed by atoms with E-state index in [9.17, 15) is 24.3 Å². The lowest BCUT2D eigenvalue weighted by atomic mass is 10.1. The third kappa shape index (κ3) is 6.47. The number of carboxylic acid groups (broad SMARTS) is 1. The number of nitrogens with one attached hydrogen (secondary N) is 1. The molecule has 0 bridgehead atoms. The van der Waals surface area contributed by atoms with Crippen LogP contribution >= 0.6 is 0 Å². The number of hydrogen-bond donors (Lipinski definition) is 2. The van der Waals surface area contributed by atoms with E-state index < -0.39 is 36.0 Å². The largest absolute Gasteiger partial charge is 0.495 e. The number of benzene rings is 3. The van der Waals surface area contributed by atoms with Gasteiger partial charge in [0, 0.05) is 0 Å². The molecule has 186 valence electrons. The van der Waals surface area contributed by atoms with Crippen LogP contribution in [0.1, 0.15) is 31.8 Å². The molecule has 1 amide bonds. The van der Waals surface area contributed by atoms with Crippen LogP contribution in [0, 0.1) is 13.8 Å². The van der Waals surface area contributed by atoms with Gasteiger partial charge in [0.15, 0.2) is 0 Å². The van der Waals surface area contributed by atoms with Gasteiger partial charge < -0.3 is 24.6 Å². The van der Waals surface area contributed by atoms with Crippen molar-refractivity contribution in [2.24, 2.45) is 0 Å². The van der Waals surface area contributed by atoms with Crippen molar-refractivity contribution in [3.8, 4) is 5.75 Å². The molecule has 0 radical (unpaired) electrons. The van der Waals surface area contributed by atoms with E-state index in [-0.39, 0.29) is 22.6 Å². The Morgan fingerprint density at radius 3 is 1.67 bits per heavy atom. The molecular weight excluding hydrogens is 466 g/mol. The minimum atomic E-state index is -2.14. The first-order valence-corrected chi connectivity index (χ1v) is 10.9. The molecule has 3 aromatic rings. The van der Waals surface area contributed by atoms with Crippen LogP contribution in [-0.2, 0) is 19.1 Å². The zero-order chi connectivity index (χ0) is 26.2.